The van der Waals surface area contributed by atoms with Gasteiger partial charge in [-0.15, -0.1) is 0 Å². The average molecular weight is 265 g/mol. The number of esters is 1. The molecule has 0 aliphatic carbocycles. The first-order valence-corrected chi connectivity index (χ1v) is 5.61. The van der Waals surface area contributed by atoms with Crippen molar-refractivity contribution in [2.45, 2.75) is 26.9 Å². The zero-order chi connectivity index (χ0) is 14.6. The Hall–Kier alpha value is -1.95. The Bertz CT molecular complexity index is 478. The van der Waals surface area contributed by atoms with Gasteiger partial charge in [-0.3, -0.25) is 10.1 Å². The lowest BCUT2D eigenvalue weighted by molar-refractivity contribution is -0.386. The van der Waals surface area contributed by atoms with E-state index in [-0.39, 0.29) is 11.3 Å². The maximum absolute atomic E-state index is 11.6. The molecule has 0 saturated heterocycles. The molecular formula is C13H15NO5. The highest BCUT2D eigenvalue weighted by Crippen LogP contribution is 2.27. The molecule has 1 N–H and O–H groups in total. The number of rotatable bonds is 4. The zero-order valence-corrected chi connectivity index (χ0v) is 10.9. The largest absolute Gasteiger partial charge is 0.447 e. The molecule has 19 heavy (non-hydrogen) atoms. The summed E-state index contributed by atoms with van der Waals surface area (Å²) in [5.74, 6) is -0.996. The number of carbonyl (C=O) groups is 1. The Kier molecular flexibility index (Phi) is 4.61. The molecule has 102 valence electrons. The minimum atomic E-state index is -1.71. The fourth-order valence-electron chi connectivity index (χ4n) is 1.27. The first-order valence-electron chi connectivity index (χ1n) is 5.61. The Morgan fingerprint density at radius 3 is 2.53 bits per heavy atom. The van der Waals surface area contributed by atoms with Gasteiger partial charge in [0.1, 0.15) is 0 Å². The molecule has 1 aromatic rings. The quantitative estimate of drug-likeness (QED) is 0.512. The predicted molar refractivity (Wildman–Crippen MR) is 66.8 cm³/mol. The van der Waals surface area contributed by atoms with E-state index in [0.29, 0.717) is 0 Å². The molecule has 0 saturated carbocycles. The number of ether oxygens (including phenoxy) is 1. The number of carbonyl (C=O) groups excluding carboxylic acids is 1. The van der Waals surface area contributed by atoms with E-state index in [1.54, 1.807) is 20.8 Å². The molecule has 1 atom stereocenters. The predicted octanol–water partition coefficient (Wildman–Crippen LogP) is 2.26. The Morgan fingerprint density at radius 1 is 1.42 bits per heavy atom. The second kappa shape index (κ2) is 5.79. The second-order valence-electron chi connectivity index (χ2n) is 4.99. The van der Waals surface area contributed by atoms with Crippen LogP contribution in [0.1, 0.15) is 32.4 Å². The van der Waals surface area contributed by atoms with Crippen LogP contribution in [0.4, 0.5) is 5.69 Å². The zero-order valence-electron chi connectivity index (χ0n) is 10.9. The summed E-state index contributed by atoms with van der Waals surface area (Å²) in [6.45, 7) is 7.73. The maximum atomic E-state index is 11.6. The van der Waals surface area contributed by atoms with Gasteiger partial charge < -0.3 is 9.84 Å². The van der Waals surface area contributed by atoms with Crippen LogP contribution in [0.5, 0.6) is 0 Å². The molecule has 1 rings (SSSR count). The molecule has 1 unspecified atom stereocenters. The van der Waals surface area contributed by atoms with Crippen molar-refractivity contribution in [3.63, 3.8) is 0 Å². The van der Waals surface area contributed by atoms with Gasteiger partial charge >= 0.3 is 5.97 Å². The van der Waals surface area contributed by atoms with Crippen molar-refractivity contribution in [2.75, 3.05) is 0 Å². The molecule has 0 heterocycles. The van der Waals surface area contributed by atoms with E-state index < -0.39 is 22.4 Å². The van der Waals surface area contributed by atoms with Gasteiger partial charge in [-0.2, -0.15) is 0 Å². The van der Waals surface area contributed by atoms with Gasteiger partial charge in [-0.05, 0) is 6.07 Å². The van der Waals surface area contributed by atoms with Crippen molar-refractivity contribution >= 4 is 11.7 Å². The van der Waals surface area contributed by atoms with Crippen molar-refractivity contribution in [2.24, 2.45) is 5.41 Å². The minimum Gasteiger partial charge on any atom is -0.447 e. The lowest BCUT2D eigenvalue weighted by atomic mass is 9.98. The summed E-state index contributed by atoms with van der Waals surface area (Å²) >= 11 is 0. The second-order valence-corrected chi connectivity index (χ2v) is 4.99. The van der Waals surface area contributed by atoms with Crippen LogP contribution in [0, 0.1) is 22.1 Å². The van der Waals surface area contributed by atoms with Crippen LogP contribution in [-0.2, 0) is 9.53 Å². The highest BCUT2D eigenvalue weighted by molar-refractivity contribution is 5.78. The summed E-state index contributed by atoms with van der Waals surface area (Å²) in [6.07, 6.45) is -1.71. The highest BCUT2D eigenvalue weighted by atomic mass is 16.6. The van der Waals surface area contributed by atoms with E-state index in [1.165, 1.54) is 24.3 Å². The minimum absolute atomic E-state index is 0.104. The third kappa shape index (κ3) is 4.33. The number of nitro groups is 1. The normalized spacial score (nSPS) is 12.8. The number of benzene rings is 1. The average Bonchev–Trinajstić information content (AvgIpc) is 2.34. The van der Waals surface area contributed by atoms with Crippen LogP contribution in [0.15, 0.2) is 24.3 Å². The van der Waals surface area contributed by atoms with Crippen LogP contribution >= 0.6 is 0 Å². The topological polar surface area (TPSA) is 89.7 Å². The lowest BCUT2D eigenvalue weighted by Crippen LogP contribution is -2.19. The summed E-state index contributed by atoms with van der Waals surface area (Å²) in [5.41, 5.74) is -0.922. The molecule has 1 aromatic carbocycles. The molecule has 0 bridgehead atoms. The number of aliphatic hydroxyl groups is 1. The fraction of sp³-hybridized carbons (Fsp3) is 0.385. The van der Waals surface area contributed by atoms with E-state index in [9.17, 15) is 20.0 Å². The number of hydrogen-bond acceptors (Lipinski definition) is 5. The molecule has 0 spiro atoms. The number of hydrogen-bond donors (Lipinski definition) is 1. The van der Waals surface area contributed by atoms with E-state index in [2.05, 4.69) is 6.61 Å². The SMILES string of the molecule is CC(C)(C)[C]OC(=O)C(O)c1ccccc1[N+](=O)[O-]. The van der Waals surface area contributed by atoms with Gasteiger partial charge in [-0.1, -0.05) is 32.9 Å². The summed E-state index contributed by atoms with van der Waals surface area (Å²) in [6, 6.07) is 5.47. The van der Waals surface area contributed by atoms with Crippen LogP contribution in [0.2, 0.25) is 0 Å². The first-order chi connectivity index (χ1) is 8.72. The van der Waals surface area contributed by atoms with Crippen LogP contribution in [0.25, 0.3) is 0 Å². The van der Waals surface area contributed by atoms with E-state index in [4.69, 9.17) is 4.74 Å². The summed E-state index contributed by atoms with van der Waals surface area (Å²) in [5, 5.41) is 20.6. The van der Waals surface area contributed by atoms with Crippen LogP contribution in [-0.4, -0.2) is 16.0 Å². The third-order valence-electron chi connectivity index (χ3n) is 2.11. The van der Waals surface area contributed by atoms with Crippen molar-refractivity contribution in [3.05, 3.63) is 46.6 Å². The molecule has 0 amide bonds. The summed E-state index contributed by atoms with van der Waals surface area (Å²) in [4.78, 5) is 21.7. The van der Waals surface area contributed by atoms with Crippen molar-refractivity contribution < 1.29 is 19.6 Å². The molecule has 0 aliphatic rings. The number of para-hydroxylation sites is 1. The molecule has 2 radical (unpaired) electrons. The molecule has 0 aliphatic heterocycles. The monoisotopic (exact) mass is 265 g/mol. The third-order valence-corrected chi connectivity index (χ3v) is 2.11. The highest BCUT2D eigenvalue weighted by Gasteiger charge is 2.28. The molecular weight excluding hydrogens is 250 g/mol. The van der Waals surface area contributed by atoms with Gasteiger partial charge in [-0.25, -0.2) is 4.79 Å². The Morgan fingerprint density at radius 2 is 2.00 bits per heavy atom. The number of nitro benzene ring substituents is 1. The van der Waals surface area contributed by atoms with Gasteiger partial charge in [0.15, 0.2) is 6.10 Å². The maximum Gasteiger partial charge on any atom is 0.340 e. The summed E-state index contributed by atoms with van der Waals surface area (Å²) < 4.78 is 4.70. The van der Waals surface area contributed by atoms with E-state index in [1.807, 2.05) is 0 Å². The van der Waals surface area contributed by atoms with Crippen molar-refractivity contribution in [1.82, 2.24) is 0 Å². The van der Waals surface area contributed by atoms with Crippen molar-refractivity contribution in [3.8, 4) is 0 Å². The number of aliphatic hydroxyl groups excluding tert-OH is 1. The van der Waals surface area contributed by atoms with Gasteiger partial charge in [0.2, 0.25) is 6.61 Å². The Balaban J connectivity index is 2.86. The van der Waals surface area contributed by atoms with Crippen LogP contribution < -0.4 is 0 Å². The van der Waals surface area contributed by atoms with Crippen molar-refractivity contribution in [1.29, 1.82) is 0 Å². The lowest BCUT2D eigenvalue weighted by Gasteiger charge is -2.17. The summed E-state index contributed by atoms with van der Waals surface area (Å²) in [7, 11) is 0. The first kappa shape index (κ1) is 15.1. The van der Waals surface area contributed by atoms with Gasteiger partial charge in [0, 0.05) is 11.5 Å². The van der Waals surface area contributed by atoms with Crippen LogP contribution in [0.3, 0.4) is 0 Å². The molecule has 6 heteroatoms. The van der Waals surface area contributed by atoms with E-state index >= 15 is 0 Å². The fourth-order valence-corrected chi connectivity index (χ4v) is 1.27. The Labute approximate surface area is 111 Å². The van der Waals surface area contributed by atoms with Gasteiger partial charge in [0.25, 0.3) is 5.69 Å². The standard InChI is InChI=1S/C13H15NO5/c1-13(2,3)8-19-12(16)11(15)9-6-4-5-7-10(9)14(17)18/h4-7,11,15H,1-3H3. The molecule has 0 fully saturated rings. The number of nitrogens with zero attached hydrogens (tertiary/aromatic N) is 1. The molecule has 0 aromatic heterocycles. The smallest absolute Gasteiger partial charge is 0.340 e. The van der Waals surface area contributed by atoms with Gasteiger partial charge in [0.05, 0.1) is 10.5 Å². The van der Waals surface area contributed by atoms with E-state index in [0.717, 1.165) is 0 Å². The molecule has 6 nitrogen and oxygen atoms in total.